The summed E-state index contributed by atoms with van der Waals surface area (Å²) in [5, 5.41) is 0. The van der Waals surface area contributed by atoms with Gasteiger partial charge < -0.3 is 19.3 Å². The van der Waals surface area contributed by atoms with E-state index in [1.54, 1.807) is 0 Å². The highest BCUT2D eigenvalue weighted by Gasteiger charge is 2.19. The van der Waals surface area contributed by atoms with Crippen LogP contribution in [0.2, 0.25) is 0 Å². The summed E-state index contributed by atoms with van der Waals surface area (Å²) in [6.07, 6.45) is 0.962. The molecule has 2 fully saturated rings. The standard InChI is InChI=1S/C12H21N7O2/c13-17-10-14-11(18-2-1-6-20-7-3-18)16-12(15-10)19-4-8-21-9-5-19/h1-9,13H2,(H,14,15,16,17). The Morgan fingerprint density at radius 1 is 0.810 bits per heavy atom. The van der Waals surface area contributed by atoms with Crippen LogP contribution >= 0.6 is 0 Å². The fourth-order valence-corrected chi connectivity index (χ4v) is 2.41. The van der Waals surface area contributed by atoms with Crippen molar-refractivity contribution in [2.24, 2.45) is 5.84 Å². The SMILES string of the molecule is NNc1nc(N2CCCOCC2)nc(N2CCOCC2)n1. The number of nitrogens with two attached hydrogens (primary N) is 1. The van der Waals surface area contributed by atoms with Crippen molar-refractivity contribution in [3.05, 3.63) is 0 Å². The Balaban J connectivity index is 1.84. The molecule has 0 radical (unpaired) electrons. The normalized spacial score (nSPS) is 20.2. The Morgan fingerprint density at radius 3 is 2.00 bits per heavy atom. The zero-order chi connectivity index (χ0) is 14.5. The van der Waals surface area contributed by atoms with E-state index in [2.05, 4.69) is 30.2 Å². The first kappa shape index (κ1) is 14.2. The van der Waals surface area contributed by atoms with Gasteiger partial charge in [-0.25, -0.2) is 5.84 Å². The predicted octanol–water partition coefficient (Wildman–Crippen LogP) is -0.779. The van der Waals surface area contributed by atoms with E-state index < -0.39 is 0 Å². The molecule has 2 aliphatic heterocycles. The van der Waals surface area contributed by atoms with E-state index >= 15 is 0 Å². The topological polar surface area (TPSA) is 102 Å². The van der Waals surface area contributed by atoms with Gasteiger partial charge in [-0.05, 0) is 6.42 Å². The van der Waals surface area contributed by atoms with E-state index in [4.69, 9.17) is 15.3 Å². The summed E-state index contributed by atoms with van der Waals surface area (Å²) in [6.45, 7) is 6.03. The van der Waals surface area contributed by atoms with Gasteiger partial charge in [-0.15, -0.1) is 0 Å². The van der Waals surface area contributed by atoms with Gasteiger partial charge in [-0.3, -0.25) is 5.43 Å². The molecule has 0 aliphatic carbocycles. The maximum atomic E-state index is 5.49. The number of hydrazine groups is 1. The summed E-state index contributed by atoms with van der Waals surface area (Å²) in [5.41, 5.74) is 2.52. The Morgan fingerprint density at radius 2 is 1.38 bits per heavy atom. The minimum atomic E-state index is 0.381. The highest BCUT2D eigenvalue weighted by Crippen LogP contribution is 2.18. The van der Waals surface area contributed by atoms with Crippen LogP contribution in [0.4, 0.5) is 17.8 Å². The maximum absolute atomic E-state index is 5.49. The number of hydrogen-bond donors (Lipinski definition) is 2. The predicted molar refractivity (Wildman–Crippen MR) is 78.3 cm³/mol. The second-order valence-corrected chi connectivity index (χ2v) is 4.96. The number of nitrogen functional groups attached to an aromatic ring is 1. The van der Waals surface area contributed by atoms with Crippen LogP contribution in [0, 0.1) is 0 Å². The van der Waals surface area contributed by atoms with Gasteiger partial charge in [0.05, 0.1) is 19.8 Å². The van der Waals surface area contributed by atoms with Crippen molar-refractivity contribution in [3.8, 4) is 0 Å². The first-order valence-corrected chi connectivity index (χ1v) is 7.25. The van der Waals surface area contributed by atoms with Crippen molar-refractivity contribution < 1.29 is 9.47 Å². The van der Waals surface area contributed by atoms with Gasteiger partial charge >= 0.3 is 0 Å². The third-order valence-electron chi connectivity index (χ3n) is 3.54. The molecule has 0 aromatic carbocycles. The molecule has 0 atom stereocenters. The number of anilines is 3. The van der Waals surface area contributed by atoms with E-state index in [9.17, 15) is 0 Å². The molecular formula is C12H21N7O2. The summed E-state index contributed by atoms with van der Waals surface area (Å²) in [6, 6.07) is 0. The van der Waals surface area contributed by atoms with Crippen LogP contribution in [-0.4, -0.2) is 67.6 Å². The Bertz CT molecular complexity index is 459. The lowest BCUT2D eigenvalue weighted by Gasteiger charge is -2.28. The van der Waals surface area contributed by atoms with Gasteiger partial charge in [0.1, 0.15) is 0 Å². The zero-order valence-electron chi connectivity index (χ0n) is 12.0. The van der Waals surface area contributed by atoms with Gasteiger partial charge in [-0.1, -0.05) is 0 Å². The van der Waals surface area contributed by atoms with Gasteiger partial charge in [-0.2, -0.15) is 15.0 Å². The van der Waals surface area contributed by atoms with E-state index in [0.717, 1.165) is 39.2 Å². The fraction of sp³-hybridized carbons (Fsp3) is 0.750. The molecule has 0 saturated carbocycles. The molecule has 9 heteroatoms. The summed E-state index contributed by atoms with van der Waals surface area (Å²) in [4.78, 5) is 17.5. The summed E-state index contributed by atoms with van der Waals surface area (Å²) in [7, 11) is 0. The monoisotopic (exact) mass is 295 g/mol. The minimum Gasteiger partial charge on any atom is -0.380 e. The van der Waals surface area contributed by atoms with Crippen LogP contribution in [-0.2, 0) is 9.47 Å². The van der Waals surface area contributed by atoms with Crippen LogP contribution in [0.1, 0.15) is 6.42 Å². The van der Waals surface area contributed by atoms with Crippen molar-refractivity contribution in [3.63, 3.8) is 0 Å². The average molecular weight is 295 g/mol. The molecular weight excluding hydrogens is 274 g/mol. The number of rotatable bonds is 3. The molecule has 2 aliphatic rings. The van der Waals surface area contributed by atoms with Crippen LogP contribution in [0.25, 0.3) is 0 Å². The van der Waals surface area contributed by atoms with E-state index in [1.807, 2.05) is 0 Å². The number of nitrogens with zero attached hydrogens (tertiary/aromatic N) is 5. The van der Waals surface area contributed by atoms with Gasteiger partial charge in [0.15, 0.2) is 0 Å². The molecule has 0 spiro atoms. The lowest BCUT2D eigenvalue weighted by atomic mass is 10.4. The molecule has 1 aromatic heterocycles. The second kappa shape index (κ2) is 6.83. The maximum Gasteiger partial charge on any atom is 0.243 e. The van der Waals surface area contributed by atoms with Gasteiger partial charge in [0.25, 0.3) is 0 Å². The highest BCUT2D eigenvalue weighted by molar-refractivity contribution is 5.45. The minimum absolute atomic E-state index is 0.381. The third-order valence-corrected chi connectivity index (χ3v) is 3.54. The fourth-order valence-electron chi connectivity index (χ4n) is 2.41. The molecule has 3 rings (SSSR count). The first-order valence-electron chi connectivity index (χ1n) is 7.25. The molecule has 0 bridgehead atoms. The third kappa shape index (κ3) is 3.49. The largest absolute Gasteiger partial charge is 0.380 e. The molecule has 0 unspecified atom stereocenters. The highest BCUT2D eigenvalue weighted by atomic mass is 16.5. The number of ether oxygens (including phenoxy) is 2. The number of aromatic nitrogens is 3. The van der Waals surface area contributed by atoms with Crippen molar-refractivity contribution in [1.82, 2.24) is 15.0 Å². The van der Waals surface area contributed by atoms with Crippen LogP contribution in [0.3, 0.4) is 0 Å². The van der Waals surface area contributed by atoms with Crippen molar-refractivity contribution in [2.75, 3.05) is 67.8 Å². The van der Waals surface area contributed by atoms with Crippen LogP contribution in [0.5, 0.6) is 0 Å². The quantitative estimate of drug-likeness (QED) is 0.549. The molecule has 3 N–H and O–H groups in total. The first-order chi connectivity index (χ1) is 10.4. The number of morpholine rings is 1. The summed E-state index contributed by atoms with van der Waals surface area (Å²) >= 11 is 0. The number of nitrogens with one attached hydrogen (secondary N) is 1. The van der Waals surface area contributed by atoms with E-state index in [1.165, 1.54) is 0 Å². The molecule has 2 saturated heterocycles. The number of hydrogen-bond acceptors (Lipinski definition) is 9. The van der Waals surface area contributed by atoms with Crippen molar-refractivity contribution in [1.29, 1.82) is 0 Å². The summed E-state index contributed by atoms with van der Waals surface area (Å²) < 4.78 is 10.8. The van der Waals surface area contributed by atoms with Crippen LogP contribution < -0.4 is 21.1 Å². The molecule has 21 heavy (non-hydrogen) atoms. The molecule has 0 amide bonds. The summed E-state index contributed by atoms with van der Waals surface area (Å²) in [5.74, 6) is 7.15. The lowest BCUT2D eigenvalue weighted by molar-refractivity contribution is 0.122. The Hall–Kier alpha value is -1.71. The zero-order valence-corrected chi connectivity index (χ0v) is 12.0. The second-order valence-electron chi connectivity index (χ2n) is 4.96. The van der Waals surface area contributed by atoms with Gasteiger partial charge in [0.2, 0.25) is 17.8 Å². The van der Waals surface area contributed by atoms with Crippen LogP contribution in [0.15, 0.2) is 0 Å². The van der Waals surface area contributed by atoms with Crippen molar-refractivity contribution in [2.45, 2.75) is 6.42 Å². The lowest BCUT2D eigenvalue weighted by Crippen LogP contribution is -2.38. The molecule has 1 aromatic rings. The molecule has 116 valence electrons. The average Bonchev–Trinajstić information content (AvgIpc) is 2.84. The molecule has 9 nitrogen and oxygen atoms in total. The van der Waals surface area contributed by atoms with Gasteiger partial charge in [0, 0.05) is 32.8 Å². The smallest absolute Gasteiger partial charge is 0.243 e. The molecule has 3 heterocycles. The Labute approximate surface area is 123 Å². The van der Waals surface area contributed by atoms with E-state index in [-0.39, 0.29) is 0 Å². The Kier molecular flexibility index (Phi) is 4.63. The van der Waals surface area contributed by atoms with E-state index in [0.29, 0.717) is 37.7 Å². The van der Waals surface area contributed by atoms with Crippen molar-refractivity contribution >= 4 is 17.8 Å².